The number of benzene rings is 2. The Labute approximate surface area is 131 Å². The van der Waals surface area contributed by atoms with Crippen molar-refractivity contribution in [3.63, 3.8) is 0 Å². The van der Waals surface area contributed by atoms with Crippen molar-refractivity contribution >= 4 is 21.8 Å². The summed E-state index contributed by atoms with van der Waals surface area (Å²) in [5, 5.41) is 12.5. The van der Waals surface area contributed by atoms with E-state index in [9.17, 15) is 9.90 Å². The summed E-state index contributed by atoms with van der Waals surface area (Å²) in [6, 6.07) is 11.9. The van der Waals surface area contributed by atoms with E-state index in [1.807, 2.05) is 25.1 Å². The van der Waals surface area contributed by atoms with E-state index in [0.717, 1.165) is 15.8 Å². The number of phenols is 1. The monoisotopic (exact) mass is 349 g/mol. The smallest absolute Gasteiger partial charge is 0.255 e. The fraction of sp³-hybridized carbons (Fsp3) is 0.188. The number of methoxy groups -OCH3 is 1. The van der Waals surface area contributed by atoms with Crippen LogP contribution in [-0.4, -0.2) is 18.1 Å². The van der Waals surface area contributed by atoms with E-state index in [4.69, 9.17) is 4.74 Å². The highest BCUT2D eigenvalue weighted by Crippen LogP contribution is 2.28. The minimum atomic E-state index is -0.312. The summed E-state index contributed by atoms with van der Waals surface area (Å²) in [5.74, 6) is 0.392. The fourth-order valence-electron chi connectivity index (χ4n) is 1.98. The van der Waals surface area contributed by atoms with Gasteiger partial charge in [0.2, 0.25) is 0 Å². The predicted molar refractivity (Wildman–Crippen MR) is 84.7 cm³/mol. The zero-order valence-electron chi connectivity index (χ0n) is 11.8. The van der Waals surface area contributed by atoms with Crippen LogP contribution in [0.4, 0.5) is 0 Å². The number of halogens is 1. The molecular formula is C16H16BrNO3. The summed E-state index contributed by atoms with van der Waals surface area (Å²) < 4.78 is 6.00. The number of carbonyl (C=O) groups is 1. The third-order valence-electron chi connectivity index (χ3n) is 3.17. The van der Waals surface area contributed by atoms with Gasteiger partial charge in [-0.1, -0.05) is 18.2 Å². The van der Waals surface area contributed by atoms with Crippen molar-refractivity contribution in [2.45, 2.75) is 13.0 Å². The number of ether oxygens (including phenoxy) is 1. The first kappa shape index (κ1) is 15.4. The van der Waals surface area contributed by atoms with Crippen LogP contribution in [0.15, 0.2) is 46.9 Å². The Morgan fingerprint density at radius 3 is 2.62 bits per heavy atom. The highest BCUT2D eigenvalue weighted by atomic mass is 79.9. The third kappa shape index (κ3) is 3.55. The van der Waals surface area contributed by atoms with Gasteiger partial charge in [-0.15, -0.1) is 0 Å². The predicted octanol–water partition coefficient (Wildman–Crippen LogP) is 3.65. The molecule has 110 valence electrons. The number of para-hydroxylation sites is 1. The Kier molecular flexibility index (Phi) is 4.85. The van der Waals surface area contributed by atoms with E-state index in [0.29, 0.717) is 0 Å². The highest BCUT2D eigenvalue weighted by Gasteiger charge is 2.15. The molecule has 0 saturated carbocycles. The molecule has 0 fully saturated rings. The lowest BCUT2D eigenvalue weighted by atomic mass is 10.1. The van der Waals surface area contributed by atoms with E-state index in [1.165, 1.54) is 6.07 Å². The number of nitrogens with one attached hydrogen (secondary N) is 1. The number of hydrogen-bond acceptors (Lipinski definition) is 3. The molecule has 4 nitrogen and oxygen atoms in total. The van der Waals surface area contributed by atoms with E-state index in [-0.39, 0.29) is 23.3 Å². The molecule has 0 aromatic heterocycles. The van der Waals surface area contributed by atoms with Gasteiger partial charge in [-0.3, -0.25) is 4.79 Å². The van der Waals surface area contributed by atoms with Gasteiger partial charge >= 0.3 is 0 Å². The van der Waals surface area contributed by atoms with Gasteiger partial charge in [-0.25, -0.2) is 0 Å². The Hall–Kier alpha value is -2.01. The number of carbonyl (C=O) groups excluding carboxylic acids is 1. The van der Waals surface area contributed by atoms with Gasteiger partial charge in [0, 0.05) is 0 Å². The summed E-state index contributed by atoms with van der Waals surface area (Å²) in [4.78, 5) is 12.1. The molecule has 0 aliphatic heterocycles. The number of hydrogen-bond donors (Lipinski definition) is 2. The van der Waals surface area contributed by atoms with Crippen LogP contribution in [0.1, 0.15) is 28.9 Å². The SMILES string of the molecule is COc1ccc(C(C)NC(=O)c2ccccc2O)cc1Br. The molecule has 0 aliphatic rings. The van der Waals surface area contributed by atoms with Crippen molar-refractivity contribution in [3.8, 4) is 11.5 Å². The van der Waals surface area contributed by atoms with Gasteiger partial charge in [-0.2, -0.15) is 0 Å². The van der Waals surface area contributed by atoms with Crippen LogP contribution in [0.2, 0.25) is 0 Å². The summed E-state index contributed by atoms with van der Waals surface area (Å²) in [7, 11) is 1.60. The van der Waals surface area contributed by atoms with E-state index >= 15 is 0 Å². The van der Waals surface area contributed by atoms with Crippen molar-refractivity contribution in [1.82, 2.24) is 5.32 Å². The first-order valence-corrected chi connectivity index (χ1v) is 7.24. The maximum Gasteiger partial charge on any atom is 0.255 e. The Morgan fingerprint density at radius 2 is 2.00 bits per heavy atom. The second kappa shape index (κ2) is 6.63. The molecule has 0 spiro atoms. The lowest BCUT2D eigenvalue weighted by Gasteiger charge is -2.16. The average Bonchev–Trinajstić information content (AvgIpc) is 2.47. The van der Waals surface area contributed by atoms with Crippen molar-refractivity contribution in [2.24, 2.45) is 0 Å². The van der Waals surface area contributed by atoms with Crippen LogP contribution < -0.4 is 10.1 Å². The van der Waals surface area contributed by atoms with E-state index in [1.54, 1.807) is 25.3 Å². The molecule has 0 radical (unpaired) electrons. The molecule has 0 saturated heterocycles. The minimum absolute atomic E-state index is 0.0295. The minimum Gasteiger partial charge on any atom is -0.507 e. The molecule has 21 heavy (non-hydrogen) atoms. The van der Waals surface area contributed by atoms with Crippen molar-refractivity contribution in [2.75, 3.05) is 7.11 Å². The van der Waals surface area contributed by atoms with Gasteiger partial charge in [0.05, 0.1) is 23.2 Å². The zero-order valence-corrected chi connectivity index (χ0v) is 13.3. The van der Waals surface area contributed by atoms with E-state index < -0.39 is 0 Å². The summed E-state index contributed by atoms with van der Waals surface area (Å²) >= 11 is 3.42. The lowest BCUT2D eigenvalue weighted by Crippen LogP contribution is -2.26. The van der Waals surface area contributed by atoms with Crippen LogP contribution >= 0.6 is 15.9 Å². The molecule has 2 rings (SSSR count). The Balaban J connectivity index is 2.14. The molecule has 2 N–H and O–H groups in total. The molecule has 1 atom stereocenters. The van der Waals surface area contributed by atoms with Gasteiger partial charge < -0.3 is 15.2 Å². The van der Waals surface area contributed by atoms with Crippen LogP contribution in [-0.2, 0) is 0 Å². The highest BCUT2D eigenvalue weighted by molar-refractivity contribution is 9.10. The Morgan fingerprint density at radius 1 is 1.29 bits per heavy atom. The molecular weight excluding hydrogens is 334 g/mol. The summed E-state index contributed by atoms with van der Waals surface area (Å²) in [6.07, 6.45) is 0. The summed E-state index contributed by atoms with van der Waals surface area (Å²) in [6.45, 7) is 1.88. The number of amides is 1. The molecule has 1 unspecified atom stereocenters. The maximum absolute atomic E-state index is 12.1. The normalized spacial score (nSPS) is 11.8. The van der Waals surface area contributed by atoms with Gasteiger partial charge in [0.15, 0.2) is 0 Å². The van der Waals surface area contributed by atoms with Crippen molar-refractivity contribution in [1.29, 1.82) is 0 Å². The van der Waals surface area contributed by atoms with E-state index in [2.05, 4.69) is 21.2 Å². The molecule has 1 amide bonds. The van der Waals surface area contributed by atoms with Gasteiger partial charge in [0.25, 0.3) is 5.91 Å². The van der Waals surface area contributed by atoms with Crippen molar-refractivity contribution in [3.05, 3.63) is 58.1 Å². The standard InChI is InChI=1S/C16H16BrNO3/c1-10(11-7-8-15(21-2)13(17)9-11)18-16(20)12-5-3-4-6-14(12)19/h3-10,19H,1-2H3,(H,18,20). The first-order valence-electron chi connectivity index (χ1n) is 6.45. The second-order valence-electron chi connectivity index (χ2n) is 4.61. The van der Waals surface area contributed by atoms with Crippen LogP contribution in [0, 0.1) is 0 Å². The van der Waals surface area contributed by atoms with Crippen molar-refractivity contribution < 1.29 is 14.6 Å². The molecule has 5 heteroatoms. The molecule has 0 heterocycles. The lowest BCUT2D eigenvalue weighted by molar-refractivity contribution is 0.0937. The average molecular weight is 350 g/mol. The topological polar surface area (TPSA) is 58.6 Å². The quantitative estimate of drug-likeness (QED) is 0.885. The molecule has 0 bridgehead atoms. The fourth-order valence-corrected chi connectivity index (χ4v) is 2.53. The Bertz CT molecular complexity index is 658. The van der Waals surface area contributed by atoms with Crippen LogP contribution in [0.3, 0.4) is 0 Å². The van der Waals surface area contributed by atoms with Crippen LogP contribution in [0.25, 0.3) is 0 Å². The third-order valence-corrected chi connectivity index (χ3v) is 3.79. The number of phenolic OH excluding ortho intramolecular Hbond substituents is 1. The van der Waals surface area contributed by atoms with Gasteiger partial charge in [0.1, 0.15) is 11.5 Å². The molecule has 0 aliphatic carbocycles. The van der Waals surface area contributed by atoms with Gasteiger partial charge in [-0.05, 0) is 52.7 Å². The van der Waals surface area contributed by atoms with Crippen LogP contribution in [0.5, 0.6) is 11.5 Å². The second-order valence-corrected chi connectivity index (χ2v) is 5.46. The summed E-state index contributed by atoms with van der Waals surface area (Å²) in [5.41, 5.74) is 1.20. The zero-order chi connectivity index (χ0) is 15.4. The number of rotatable bonds is 4. The molecule has 2 aromatic rings. The maximum atomic E-state index is 12.1. The largest absolute Gasteiger partial charge is 0.507 e. The number of aromatic hydroxyl groups is 1. The first-order chi connectivity index (χ1) is 10.0. The molecule has 2 aromatic carbocycles.